The Kier molecular flexibility index (Phi) is 9.19. The van der Waals surface area contributed by atoms with E-state index in [2.05, 4.69) is 29.6 Å². The number of ether oxygens (including phenoxy) is 1. The van der Waals surface area contributed by atoms with Crippen molar-refractivity contribution in [2.45, 2.75) is 19.8 Å². The van der Waals surface area contributed by atoms with Gasteiger partial charge in [-0.1, -0.05) is 30.3 Å². The second-order valence-electron chi connectivity index (χ2n) is 4.20. The number of nitrogens with one attached hydrogen (secondary N) is 1. The number of carbonyl (C=O) groups excluding carboxylic acids is 1. The molecule has 0 saturated heterocycles. The van der Waals surface area contributed by atoms with Crippen molar-refractivity contribution in [1.82, 2.24) is 5.32 Å². The lowest BCUT2D eigenvalue weighted by molar-refractivity contribution is -0.139. The van der Waals surface area contributed by atoms with E-state index < -0.39 is 0 Å². The summed E-state index contributed by atoms with van der Waals surface area (Å²) in [5.41, 5.74) is 1.39. The molecule has 1 N–H and O–H groups in total. The van der Waals surface area contributed by atoms with Crippen molar-refractivity contribution < 1.29 is 9.53 Å². The topological polar surface area (TPSA) is 38.3 Å². The van der Waals surface area contributed by atoms with Crippen LogP contribution in [0.3, 0.4) is 0 Å². The van der Waals surface area contributed by atoms with Gasteiger partial charge in [0.15, 0.2) is 0 Å². The van der Waals surface area contributed by atoms with Crippen LogP contribution in [0.4, 0.5) is 0 Å². The average Bonchev–Trinajstić information content (AvgIpc) is 2.43. The van der Waals surface area contributed by atoms with Crippen LogP contribution >= 0.6 is 11.8 Å². The molecule has 0 aliphatic carbocycles. The number of thioether (sulfide) groups is 1. The Balaban J connectivity index is 1.88. The number of rotatable bonds is 10. The summed E-state index contributed by atoms with van der Waals surface area (Å²) in [5, 5.41) is 3.39. The van der Waals surface area contributed by atoms with E-state index in [0.717, 1.165) is 31.7 Å². The third-order valence-corrected chi connectivity index (χ3v) is 3.54. The van der Waals surface area contributed by atoms with Gasteiger partial charge in [-0.2, -0.15) is 0 Å². The molecular formula is C15H23NO2S. The van der Waals surface area contributed by atoms with Gasteiger partial charge >= 0.3 is 5.97 Å². The van der Waals surface area contributed by atoms with Gasteiger partial charge in [0.1, 0.15) is 0 Å². The van der Waals surface area contributed by atoms with E-state index in [1.165, 1.54) is 5.56 Å². The maximum absolute atomic E-state index is 11.1. The molecule has 0 aliphatic rings. The fourth-order valence-corrected chi connectivity index (χ4v) is 2.37. The molecule has 0 spiro atoms. The maximum atomic E-state index is 11.1. The summed E-state index contributed by atoms with van der Waals surface area (Å²) in [4.78, 5) is 11.1. The van der Waals surface area contributed by atoms with Gasteiger partial charge in [0.2, 0.25) is 0 Å². The molecule has 0 fully saturated rings. The molecular weight excluding hydrogens is 258 g/mol. The first-order chi connectivity index (χ1) is 9.33. The SMILES string of the molecule is CCOC(=O)CSCCNCCCc1ccccc1. The zero-order chi connectivity index (χ0) is 13.8. The molecule has 0 aromatic heterocycles. The lowest BCUT2D eigenvalue weighted by Gasteiger charge is -2.05. The highest BCUT2D eigenvalue weighted by Gasteiger charge is 2.00. The maximum Gasteiger partial charge on any atom is 0.315 e. The van der Waals surface area contributed by atoms with Crippen molar-refractivity contribution in [3.05, 3.63) is 35.9 Å². The Hall–Kier alpha value is -1.00. The van der Waals surface area contributed by atoms with Crippen LogP contribution in [0, 0.1) is 0 Å². The molecule has 1 aromatic carbocycles. The van der Waals surface area contributed by atoms with Crippen molar-refractivity contribution in [1.29, 1.82) is 0 Å². The molecule has 3 nitrogen and oxygen atoms in total. The summed E-state index contributed by atoms with van der Waals surface area (Å²) >= 11 is 1.62. The normalized spacial score (nSPS) is 10.4. The van der Waals surface area contributed by atoms with Crippen LogP contribution in [0.15, 0.2) is 30.3 Å². The van der Waals surface area contributed by atoms with E-state index in [1.54, 1.807) is 11.8 Å². The largest absolute Gasteiger partial charge is 0.465 e. The Morgan fingerprint density at radius 3 is 2.79 bits per heavy atom. The first kappa shape index (κ1) is 16.1. The molecule has 1 rings (SSSR count). The molecule has 106 valence electrons. The smallest absolute Gasteiger partial charge is 0.315 e. The van der Waals surface area contributed by atoms with Gasteiger partial charge in [-0.15, -0.1) is 11.8 Å². The summed E-state index contributed by atoms with van der Waals surface area (Å²) in [6.07, 6.45) is 2.26. The molecule has 0 saturated carbocycles. The predicted octanol–water partition coefficient (Wildman–Crippen LogP) is 2.51. The Bertz CT molecular complexity index is 343. The van der Waals surface area contributed by atoms with Crippen LogP contribution < -0.4 is 5.32 Å². The third-order valence-electron chi connectivity index (χ3n) is 2.61. The number of carbonyl (C=O) groups is 1. The lowest BCUT2D eigenvalue weighted by Crippen LogP contribution is -2.19. The molecule has 4 heteroatoms. The quantitative estimate of drug-likeness (QED) is 0.528. The molecule has 0 radical (unpaired) electrons. The Morgan fingerprint density at radius 1 is 1.26 bits per heavy atom. The van der Waals surface area contributed by atoms with Crippen LogP contribution in [-0.2, 0) is 16.0 Å². The second-order valence-corrected chi connectivity index (χ2v) is 5.30. The minimum atomic E-state index is -0.114. The van der Waals surface area contributed by atoms with E-state index in [1.807, 2.05) is 13.0 Å². The molecule has 0 unspecified atom stereocenters. The molecule has 0 bridgehead atoms. The zero-order valence-corrected chi connectivity index (χ0v) is 12.4. The van der Waals surface area contributed by atoms with Crippen molar-refractivity contribution in [2.75, 3.05) is 31.2 Å². The van der Waals surface area contributed by atoms with Crippen LogP contribution in [-0.4, -0.2) is 37.2 Å². The van der Waals surface area contributed by atoms with Crippen molar-refractivity contribution in [3.8, 4) is 0 Å². The van der Waals surface area contributed by atoms with Gasteiger partial charge in [0.25, 0.3) is 0 Å². The first-order valence-corrected chi connectivity index (χ1v) is 7.96. The molecule has 19 heavy (non-hydrogen) atoms. The van der Waals surface area contributed by atoms with Gasteiger partial charge in [-0.25, -0.2) is 0 Å². The highest BCUT2D eigenvalue weighted by Crippen LogP contribution is 2.02. The first-order valence-electron chi connectivity index (χ1n) is 6.81. The van der Waals surface area contributed by atoms with E-state index in [0.29, 0.717) is 12.4 Å². The highest BCUT2D eigenvalue weighted by atomic mass is 32.2. The fraction of sp³-hybridized carbons (Fsp3) is 0.533. The van der Waals surface area contributed by atoms with Gasteiger partial charge < -0.3 is 10.1 Å². The van der Waals surface area contributed by atoms with Crippen LogP contribution in [0.1, 0.15) is 18.9 Å². The molecule has 0 atom stereocenters. The molecule has 0 amide bonds. The standard InChI is InChI=1S/C15H23NO2S/c1-2-18-15(17)13-19-12-11-16-10-6-9-14-7-4-3-5-8-14/h3-5,7-8,16H,2,6,9-13H2,1H3. The predicted molar refractivity (Wildman–Crippen MR) is 81.6 cm³/mol. The van der Waals surface area contributed by atoms with Gasteiger partial charge in [-0.05, 0) is 31.9 Å². The number of benzene rings is 1. The van der Waals surface area contributed by atoms with Gasteiger partial charge in [0, 0.05) is 12.3 Å². The Morgan fingerprint density at radius 2 is 2.05 bits per heavy atom. The fourth-order valence-electron chi connectivity index (χ4n) is 1.69. The molecule has 1 aromatic rings. The van der Waals surface area contributed by atoms with Crippen LogP contribution in [0.25, 0.3) is 0 Å². The highest BCUT2D eigenvalue weighted by molar-refractivity contribution is 7.99. The van der Waals surface area contributed by atoms with Gasteiger partial charge in [0.05, 0.1) is 12.4 Å². The summed E-state index contributed by atoms with van der Waals surface area (Å²) in [6.45, 7) is 4.27. The van der Waals surface area contributed by atoms with Crippen molar-refractivity contribution >= 4 is 17.7 Å². The van der Waals surface area contributed by atoms with Gasteiger partial charge in [-0.3, -0.25) is 4.79 Å². The summed E-state index contributed by atoms with van der Waals surface area (Å²) in [7, 11) is 0. The number of esters is 1. The summed E-state index contributed by atoms with van der Waals surface area (Å²) < 4.78 is 4.86. The lowest BCUT2D eigenvalue weighted by atomic mass is 10.1. The van der Waals surface area contributed by atoms with Crippen LogP contribution in [0.5, 0.6) is 0 Å². The molecule has 0 aliphatic heterocycles. The second kappa shape index (κ2) is 10.9. The minimum Gasteiger partial charge on any atom is -0.465 e. The minimum absolute atomic E-state index is 0.114. The van der Waals surface area contributed by atoms with E-state index in [-0.39, 0.29) is 5.97 Å². The van der Waals surface area contributed by atoms with E-state index in [4.69, 9.17) is 4.74 Å². The number of hydrogen-bond acceptors (Lipinski definition) is 4. The third kappa shape index (κ3) is 8.67. The van der Waals surface area contributed by atoms with Crippen molar-refractivity contribution in [3.63, 3.8) is 0 Å². The number of hydrogen-bond donors (Lipinski definition) is 1. The van der Waals surface area contributed by atoms with E-state index in [9.17, 15) is 4.79 Å². The van der Waals surface area contributed by atoms with E-state index >= 15 is 0 Å². The van der Waals surface area contributed by atoms with Crippen LogP contribution in [0.2, 0.25) is 0 Å². The zero-order valence-electron chi connectivity index (χ0n) is 11.6. The summed E-state index contributed by atoms with van der Waals surface area (Å²) in [5.74, 6) is 1.29. The average molecular weight is 281 g/mol. The van der Waals surface area contributed by atoms with Crippen molar-refractivity contribution in [2.24, 2.45) is 0 Å². The Labute approximate surface area is 120 Å². The molecule has 0 heterocycles. The number of aryl methyl sites for hydroxylation is 1. The summed E-state index contributed by atoms with van der Waals surface area (Å²) in [6, 6.07) is 10.5. The monoisotopic (exact) mass is 281 g/mol.